The van der Waals surface area contributed by atoms with Gasteiger partial charge in [-0.15, -0.1) is 0 Å². The topological polar surface area (TPSA) is 94.6 Å². The van der Waals surface area contributed by atoms with Crippen LogP contribution in [-0.4, -0.2) is 36.8 Å². The van der Waals surface area contributed by atoms with Gasteiger partial charge in [-0.25, -0.2) is 4.39 Å². The summed E-state index contributed by atoms with van der Waals surface area (Å²) in [5.74, 6) is 0.342. The fourth-order valence-electron chi connectivity index (χ4n) is 3.54. The number of aromatic amines is 1. The van der Waals surface area contributed by atoms with Crippen LogP contribution in [0.1, 0.15) is 10.4 Å². The summed E-state index contributed by atoms with van der Waals surface area (Å²) in [4.78, 5) is 28.9. The lowest BCUT2D eigenvalue weighted by Crippen LogP contribution is -2.21. The van der Waals surface area contributed by atoms with Crippen molar-refractivity contribution < 1.29 is 23.4 Å². The summed E-state index contributed by atoms with van der Waals surface area (Å²) in [6.45, 7) is 0. The number of rotatable bonds is 6. The van der Waals surface area contributed by atoms with Gasteiger partial charge >= 0.3 is 0 Å². The molecule has 0 fully saturated rings. The number of aromatic nitrogens is 2. The zero-order chi connectivity index (χ0) is 24.4. The van der Waals surface area contributed by atoms with Gasteiger partial charge < -0.3 is 24.5 Å². The van der Waals surface area contributed by atoms with E-state index in [1.807, 2.05) is 0 Å². The van der Waals surface area contributed by atoms with Crippen molar-refractivity contribution in [2.75, 3.05) is 26.6 Å². The van der Waals surface area contributed by atoms with E-state index < -0.39 is 11.7 Å². The van der Waals surface area contributed by atoms with E-state index in [0.29, 0.717) is 45.1 Å². The maximum atomic E-state index is 13.3. The molecule has 0 aliphatic carbocycles. The zero-order valence-corrected chi connectivity index (χ0v) is 19.3. The number of ether oxygens (including phenoxy) is 3. The molecule has 34 heavy (non-hydrogen) atoms. The van der Waals surface area contributed by atoms with Crippen LogP contribution < -0.4 is 25.1 Å². The highest BCUT2D eigenvalue weighted by Gasteiger charge is 2.16. The van der Waals surface area contributed by atoms with Crippen molar-refractivity contribution in [3.8, 4) is 22.9 Å². The molecule has 8 nitrogen and oxygen atoms in total. The molecule has 1 heterocycles. The lowest BCUT2D eigenvalue weighted by molar-refractivity contribution is 0.102. The molecular formula is C24H20FN3O5S. The first kappa shape index (κ1) is 23.0. The van der Waals surface area contributed by atoms with Gasteiger partial charge in [-0.1, -0.05) is 0 Å². The Balaban J connectivity index is 1.70. The minimum Gasteiger partial charge on any atom is -0.493 e. The van der Waals surface area contributed by atoms with Crippen molar-refractivity contribution in [3.63, 3.8) is 0 Å². The van der Waals surface area contributed by atoms with E-state index >= 15 is 0 Å². The summed E-state index contributed by atoms with van der Waals surface area (Å²) in [6.07, 6.45) is 0. The number of methoxy groups -OCH3 is 3. The highest BCUT2D eigenvalue weighted by molar-refractivity contribution is 7.71. The number of carbonyl (C=O) groups is 1. The number of hydrogen-bond donors (Lipinski definition) is 2. The van der Waals surface area contributed by atoms with Crippen LogP contribution in [0.4, 0.5) is 10.1 Å². The first-order chi connectivity index (χ1) is 16.4. The minimum atomic E-state index is -0.421. The van der Waals surface area contributed by atoms with Crippen molar-refractivity contribution in [2.24, 2.45) is 0 Å². The smallest absolute Gasteiger partial charge is 0.266 e. The molecule has 0 atom stereocenters. The summed E-state index contributed by atoms with van der Waals surface area (Å²) in [7, 11) is 4.45. The van der Waals surface area contributed by atoms with Crippen molar-refractivity contribution >= 4 is 34.7 Å². The molecule has 4 rings (SSSR count). The Labute approximate surface area is 198 Å². The minimum absolute atomic E-state index is 0.117. The molecule has 10 heteroatoms. The third-order valence-electron chi connectivity index (χ3n) is 5.17. The van der Waals surface area contributed by atoms with Crippen LogP contribution >= 0.6 is 12.2 Å². The third-order valence-corrected chi connectivity index (χ3v) is 5.45. The predicted octanol–water partition coefficient (Wildman–Crippen LogP) is 4.47. The van der Waals surface area contributed by atoms with Crippen LogP contribution in [0.15, 0.2) is 59.4 Å². The summed E-state index contributed by atoms with van der Waals surface area (Å²) >= 11 is 5.35. The Morgan fingerprint density at radius 3 is 2.21 bits per heavy atom. The molecule has 4 aromatic rings. The van der Waals surface area contributed by atoms with Crippen LogP contribution in [0.2, 0.25) is 0 Å². The molecule has 0 saturated carbocycles. The molecule has 174 valence electrons. The molecule has 2 N–H and O–H groups in total. The first-order valence-electron chi connectivity index (χ1n) is 10.0. The van der Waals surface area contributed by atoms with E-state index in [1.165, 1.54) is 68.4 Å². The van der Waals surface area contributed by atoms with Gasteiger partial charge in [0.2, 0.25) is 5.75 Å². The van der Waals surface area contributed by atoms with Crippen molar-refractivity contribution in [1.29, 1.82) is 0 Å². The SMILES string of the molecule is COc1cc(NC(=O)c2ccc3c(=O)n(-c4ccc(F)cc4)c(=S)[nH]c3c2)cc(OC)c1OC. The zero-order valence-electron chi connectivity index (χ0n) is 18.5. The number of halogens is 1. The third kappa shape index (κ3) is 4.23. The Hall–Kier alpha value is -4.18. The van der Waals surface area contributed by atoms with Crippen LogP contribution in [0, 0.1) is 10.6 Å². The molecule has 1 amide bonds. The quantitative estimate of drug-likeness (QED) is 0.395. The molecule has 0 aliphatic rings. The van der Waals surface area contributed by atoms with Crippen LogP contribution in [0.3, 0.4) is 0 Å². The van der Waals surface area contributed by atoms with Gasteiger partial charge in [0.15, 0.2) is 16.3 Å². The summed E-state index contributed by atoms with van der Waals surface area (Å²) < 4.78 is 30.6. The molecule has 0 unspecified atom stereocenters. The van der Waals surface area contributed by atoms with Gasteiger partial charge in [0, 0.05) is 23.4 Å². The lowest BCUT2D eigenvalue weighted by atomic mass is 10.1. The molecular weight excluding hydrogens is 461 g/mol. The number of H-pyrrole nitrogens is 1. The average molecular weight is 482 g/mol. The number of nitrogens with zero attached hydrogens (tertiary/aromatic N) is 1. The summed E-state index contributed by atoms with van der Waals surface area (Å²) in [5.41, 5.74) is 1.16. The fourth-order valence-corrected chi connectivity index (χ4v) is 3.84. The molecule has 0 spiro atoms. The van der Waals surface area contributed by atoms with Crippen molar-refractivity contribution in [3.05, 3.63) is 81.1 Å². The lowest BCUT2D eigenvalue weighted by Gasteiger charge is -2.15. The highest BCUT2D eigenvalue weighted by atomic mass is 32.1. The summed E-state index contributed by atoms with van der Waals surface area (Å²) in [5, 5.41) is 3.10. The second-order valence-electron chi connectivity index (χ2n) is 7.18. The Morgan fingerprint density at radius 1 is 0.971 bits per heavy atom. The van der Waals surface area contributed by atoms with Crippen LogP contribution in [0.5, 0.6) is 17.2 Å². The van der Waals surface area contributed by atoms with E-state index in [4.69, 9.17) is 26.4 Å². The standard InChI is InChI=1S/C24H20FN3O5S/c1-31-19-11-15(12-20(32-2)21(19)33-3)26-22(29)13-4-9-17-18(10-13)27-24(34)28(23(17)30)16-7-5-14(25)6-8-16/h4-12H,1-3H3,(H,26,29)(H,27,34). The molecule has 0 aliphatic heterocycles. The maximum absolute atomic E-state index is 13.3. The molecule has 1 aromatic heterocycles. The fraction of sp³-hybridized carbons (Fsp3) is 0.125. The maximum Gasteiger partial charge on any atom is 0.266 e. The van der Waals surface area contributed by atoms with Gasteiger partial charge in [0.1, 0.15) is 5.82 Å². The number of nitrogens with one attached hydrogen (secondary N) is 2. The van der Waals surface area contributed by atoms with Crippen LogP contribution in [0.25, 0.3) is 16.6 Å². The van der Waals surface area contributed by atoms with Crippen molar-refractivity contribution in [1.82, 2.24) is 9.55 Å². The van der Waals surface area contributed by atoms with Gasteiger partial charge in [-0.3, -0.25) is 14.2 Å². The predicted molar refractivity (Wildman–Crippen MR) is 129 cm³/mol. The van der Waals surface area contributed by atoms with E-state index in [1.54, 1.807) is 12.1 Å². The number of anilines is 1. The van der Waals surface area contributed by atoms with E-state index in [9.17, 15) is 14.0 Å². The molecule has 3 aromatic carbocycles. The van der Waals surface area contributed by atoms with Gasteiger partial charge in [-0.2, -0.15) is 0 Å². The number of amides is 1. The summed E-state index contributed by atoms with van der Waals surface area (Å²) in [6, 6.07) is 13.2. The van der Waals surface area contributed by atoms with E-state index in [2.05, 4.69) is 10.3 Å². The normalized spacial score (nSPS) is 10.7. The Morgan fingerprint density at radius 2 is 1.62 bits per heavy atom. The number of fused-ring (bicyclic) bond motifs is 1. The van der Waals surface area contributed by atoms with Gasteiger partial charge in [-0.05, 0) is 54.7 Å². The highest BCUT2D eigenvalue weighted by Crippen LogP contribution is 2.40. The number of hydrogen-bond acceptors (Lipinski definition) is 6. The molecule has 0 bridgehead atoms. The Bertz CT molecular complexity index is 1490. The molecule has 0 saturated heterocycles. The van der Waals surface area contributed by atoms with Gasteiger partial charge in [0.05, 0.1) is 37.9 Å². The Kier molecular flexibility index (Phi) is 6.33. The number of benzene rings is 3. The first-order valence-corrected chi connectivity index (χ1v) is 10.4. The van der Waals surface area contributed by atoms with Gasteiger partial charge in [0.25, 0.3) is 11.5 Å². The van der Waals surface area contributed by atoms with E-state index in [0.717, 1.165) is 0 Å². The second-order valence-corrected chi connectivity index (χ2v) is 7.56. The second kappa shape index (κ2) is 9.36. The van der Waals surface area contributed by atoms with E-state index in [-0.39, 0.29) is 10.3 Å². The largest absolute Gasteiger partial charge is 0.493 e. The van der Waals surface area contributed by atoms with Crippen LogP contribution in [-0.2, 0) is 0 Å². The average Bonchev–Trinajstić information content (AvgIpc) is 2.84. The monoisotopic (exact) mass is 481 g/mol. The van der Waals surface area contributed by atoms with Crippen molar-refractivity contribution in [2.45, 2.75) is 0 Å². The molecule has 0 radical (unpaired) electrons. The number of carbonyl (C=O) groups excluding carboxylic acids is 1.